The van der Waals surface area contributed by atoms with Crippen molar-refractivity contribution in [2.45, 2.75) is 6.17 Å². The summed E-state index contributed by atoms with van der Waals surface area (Å²) in [5, 5.41) is 16.5. The van der Waals surface area contributed by atoms with E-state index in [1.807, 2.05) is 6.07 Å². The number of fused-ring (bicyclic) bond motifs is 1. The molecule has 1 aromatic carbocycles. The molecule has 8 heteroatoms. The maximum atomic E-state index is 12.0. The van der Waals surface area contributed by atoms with Crippen LogP contribution in [0.4, 0.5) is 11.4 Å². The number of carbonyl (C=O) groups is 1. The number of nitrogens with zero attached hydrogens (tertiary/aromatic N) is 2. The predicted molar refractivity (Wildman–Crippen MR) is 78.4 cm³/mol. The minimum Gasteiger partial charge on any atom is -0.360 e. The van der Waals surface area contributed by atoms with Crippen molar-refractivity contribution in [1.29, 1.82) is 0 Å². The van der Waals surface area contributed by atoms with Crippen LogP contribution < -0.4 is 10.6 Å². The molecule has 0 bridgehead atoms. The highest BCUT2D eigenvalue weighted by molar-refractivity contribution is 6.02. The molecule has 0 radical (unpaired) electrons. The summed E-state index contributed by atoms with van der Waals surface area (Å²) in [6.07, 6.45) is 1.19. The maximum absolute atomic E-state index is 12.0. The molecule has 1 aromatic heterocycles. The molecule has 1 amide bonds. The lowest BCUT2D eigenvalue weighted by Gasteiger charge is -2.27. The molecule has 0 fully saturated rings. The average molecular weight is 307 g/mol. The minimum atomic E-state index is -0.529. The van der Waals surface area contributed by atoms with Crippen molar-refractivity contribution in [2.24, 2.45) is 0 Å². The van der Waals surface area contributed by atoms with Gasteiger partial charge in [0.1, 0.15) is 6.17 Å². The smallest absolute Gasteiger partial charge is 0.270 e. The Morgan fingerprint density at radius 3 is 2.67 bits per heavy atom. The number of carbonyl (C=O) groups excluding carboxylic acids is 1. The predicted octanol–water partition coefficient (Wildman–Crippen LogP) is 2.27. The summed E-state index contributed by atoms with van der Waals surface area (Å²) in [7, 11) is 0. The SMILES string of the molecule is Cl.O=C1NC(c2ccccn2)Nc2ccc([N+](=O)[O-])cc21. The molecule has 0 aliphatic carbocycles. The molecule has 1 unspecified atom stereocenters. The Hall–Kier alpha value is -2.67. The van der Waals surface area contributed by atoms with Gasteiger partial charge in [-0.3, -0.25) is 19.9 Å². The summed E-state index contributed by atoms with van der Waals surface area (Å²) in [5.41, 5.74) is 1.36. The lowest BCUT2D eigenvalue weighted by Crippen LogP contribution is -2.38. The van der Waals surface area contributed by atoms with Crippen LogP contribution in [0.15, 0.2) is 42.6 Å². The Morgan fingerprint density at radius 2 is 2.00 bits per heavy atom. The maximum Gasteiger partial charge on any atom is 0.270 e. The minimum absolute atomic E-state index is 0. The van der Waals surface area contributed by atoms with E-state index >= 15 is 0 Å². The molecule has 1 aliphatic heterocycles. The van der Waals surface area contributed by atoms with Gasteiger partial charge in [0, 0.05) is 24.0 Å². The highest BCUT2D eigenvalue weighted by Crippen LogP contribution is 2.28. The van der Waals surface area contributed by atoms with E-state index in [2.05, 4.69) is 15.6 Å². The summed E-state index contributed by atoms with van der Waals surface area (Å²) in [5.74, 6) is -0.363. The second kappa shape index (κ2) is 5.76. The van der Waals surface area contributed by atoms with Crippen LogP contribution in [0.3, 0.4) is 0 Å². The van der Waals surface area contributed by atoms with Gasteiger partial charge in [-0.1, -0.05) is 6.07 Å². The molecular formula is C13H11ClN4O3. The van der Waals surface area contributed by atoms with Crippen molar-refractivity contribution < 1.29 is 9.72 Å². The summed E-state index contributed by atoms with van der Waals surface area (Å²) in [6, 6.07) is 9.54. The zero-order valence-electron chi connectivity index (χ0n) is 10.6. The van der Waals surface area contributed by atoms with Crippen LogP contribution in [0.1, 0.15) is 22.2 Å². The lowest BCUT2D eigenvalue weighted by atomic mass is 10.1. The average Bonchev–Trinajstić information content (AvgIpc) is 2.47. The van der Waals surface area contributed by atoms with Crippen LogP contribution in [-0.2, 0) is 0 Å². The molecule has 2 heterocycles. The quantitative estimate of drug-likeness (QED) is 0.655. The largest absolute Gasteiger partial charge is 0.360 e. The first-order chi connectivity index (χ1) is 9.65. The third kappa shape index (κ3) is 2.77. The molecule has 7 nitrogen and oxygen atoms in total. The zero-order chi connectivity index (χ0) is 14.1. The van der Waals surface area contributed by atoms with Crippen molar-refractivity contribution in [3.05, 3.63) is 64.0 Å². The van der Waals surface area contributed by atoms with Crippen molar-refractivity contribution in [3.8, 4) is 0 Å². The van der Waals surface area contributed by atoms with Gasteiger partial charge in [0.05, 0.1) is 16.2 Å². The number of amides is 1. The van der Waals surface area contributed by atoms with Gasteiger partial charge in [0.25, 0.3) is 11.6 Å². The number of nitrogens with one attached hydrogen (secondary N) is 2. The number of aromatic nitrogens is 1. The van der Waals surface area contributed by atoms with Crippen LogP contribution in [0, 0.1) is 10.1 Å². The molecular weight excluding hydrogens is 296 g/mol. The van der Waals surface area contributed by atoms with Gasteiger partial charge in [-0.2, -0.15) is 0 Å². The number of rotatable bonds is 2. The number of anilines is 1. The first-order valence-corrected chi connectivity index (χ1v) is 5.92. The Balaban J connectivity index is 0.00000161. The molecule has 21 heavy (non-hydrogen) atoms. The van der Waals surface area contributed by atoms with E-state index in [0.717, 1.165) is 0 Å². The van der Waals surface area contributed by atoms with Crippen LogP contribution in [0.25, 0.3) is 0 Å². The normalized spacial score (nSPS) is 16.0. The monoisotopic (exact) mass is 306 g/mol. The third-order valence-corrected chi connectivity index (χ3v) is 3.02. The summed E-state index contributed by atoms with van der Waals surface area (Å²) >= 11 is 0. The zero-order valence-corrected chi connectivity index (χ0v) is 11.5. The molecule has 108 valence electrons. The van der Waals surface area contributed by atoms with Gasteiger partial charge in [-0.25, -0.2) is 0 Å². The van der Waals surface area contributed by atoms with Crippen molar-refractivity contribution in [1.82, 2.24) is 10.3 Å². The van der Waals surface area contributed by atoms with Crippen LogP contribution in [0.5, 0.6) is 0 Å². The fraction of sp³-hybridized carbons (Fsp3) is 0.0769. The van der Waals surface area contributed by atoms with E-state index in [9.17, 15) is 14.9 Å². The second-order valence-electron chi connectivity index (χ2n) is 4.29. The van der Waals surface area contributed by atoms with Gasteiger partial charge in [-0.05, 0) is 18.2 Å². The Labute approximate surface area is 125 Å². The van der Waals surface area contributed by atoms with Gasteiger partial charge in [0.15, 0.2) is 0 Å². The first kappa shape index (κ1) is 14.7. The van der Waals surface area contributed by atoms with Crippen LogP contribution >= 0.6 is 12.4 Å². The highest BCUT2D eigenvalue weighted by atomic mass is 35.5. The number of halogens is 1. The van der Waals surface area contributed by atoms with Gasteiger partial charge in [-0.15, -0.1) is 12.4 Å². The van der Waals surface area contributed by atoms with Crippen LogP contribution in [0.2, 0.25) is 0 Å². The van der Waals surface area contributed by atoms with Crippen molar-refractivity contribution >= 4 is 29.7 Å². The second-order valence-corrected chi connectivity index (χ2v) is 4.29. The van der Waals surface area contributed by atoms with Crippen LogP contribution in [-0.4, -0.2) is 15.8 Å². The van der Waals surface area contributed by atoms with E-state index in [1.165, 1.54) is 18.2 Å². The van der Waals surface area contributed by atoms with E-state index in [1.54, 1.807) is 18.3 Å². The van der Waals surface area contributed by atoms with Crippen molar-refractivity contribution in [2.75, 3.05) is 5.32 Å². The molecule has 2 aromatic rings. The third-order valence-electron chi connectivity index (χ3n) is 3.02. The van der Waals surface area contributed by atoms with Crippen molar-refractivity contribution in [3.63, 3.8) is 0 Å². The summed E-state index contributed by atoms with van der Waals surface area (Å²) < 4.78 is 0. The molecule has 2 N–H and O–H groups in total. The van der Waals surface area contributed by atoms with Gasteiger partial charge >= 0.3 is 0 Å². The Morgan fingerprint density at radius 1 is 1.19 bits per heavy atom. The van der Waals surface area contributed by atoms with E-state index < -0.39 is 11.1 Å². The number of pyridine rings is 1. The number of hydrogen-bond donors (Lipinski definition) is 2. The number of non-ortho nitro benzene ring substituents is 1. The standard InChI is InChI=1S/C13H10N4O3.ClH/c18-13-9-7-8(17(19)20)4-5-10(9)15-12(16-13)11-3-1-2-6-14-11;/h1-7,12,15H,(H,16,18);1H. The fourth-order valence-corrected chi connectivity index (χ4v) is 2.05. The summed E-state index contributed by atoms with van der Waals surface area (Å²) in [4.78, 5) is 26.4. The van der Waals surface area contributed by atoms with E-state index in [-0.39, 0.29) is 29.6 Å². The number of hydrogen-bond acceptors (Lipinski definition) is 5. The fourth-order valence-electron chi connectivity index (χ4n) is 2.05. The lowest BCUT2D eigenvalue weighted by molar-refractivity contribution is -0.384. The molecule has 1 aliphatic rings. The number of nitro benzene ring substituents is 1. The van der Waals surface area contributed by atoms with E-state index in [0.29, 0.717) is 11.4 Å². The molecule has 0 spiro atoms. The Bertz CT molecular complexity index is 693. The molecule has 0 saturated heterocycles. The molecule has 3 rings (SSSR count). The Kier molecular flexibility index (Phi) is 4.04. The topological polar surface area (TPSA) is 97.2 Å². The number of benzene rings is 1. The van der Waals surface area contributed by atoms with Gasteiger partial charge in [0.2, 0.25) is 0 Å². The highest BCUT2D eigenvalue weighted by Gasteiger charge is 2.26. The molecule has 0 saturated carbocycles. The molecule has 1 atom stereocenters. The first-order valence-electron chi connectivity index (χ1n) is 5.92. The summed E-state index contributed by atoms with van der Waals surface area (Å²) in [6.45, 7) is 0. The number of nitro groups is 1. The van der Waals surface area contributed by atoms with E-state index in [4.69, 9.17) is 0 Å². The van der Waals surface area contributed by atoms with Gasteiger partial charge < -0.3 is 10.6 Å².